The van der Waals surface area contributed by atoms with Crippen LogP contribution in [0.25, 0.3) is 0 Å². The van der Waals surface area contributed by atoms with Gasteiger partial charge >= 0.3 is 21.3 Å². The van der Waals surface area contributed by atoms with Crippen molar-refractivity contribution in [2.75, 3.05) is 6.61 Å². The van der Waals surface area contributed by atoms with Crippen LogP contribution in [0.3, 0.4) is 0 Å². The van der Waals surface area contributed by atoms with E-state index < -0.39 is 27.9 Å². The number of hydrogen-bond donors (Lipinski definition) is 1. The Morgan fingerprint density at radius 3 is 2.35 bits per heavy atom. The smallest absolute Gasteiger partial charge is 0.402 e. The van der Waals surface area contributed by atoms with E-state index >= 15 is 0 Å². The molecule has 0 aromatic rings. The van der Waals surface area contributed by atoms with E-state index in [-0.39, 0.29) is 6.42 Å². The third kappa shape index (κ3) is 6.52. The van der Waals surface area contributed by atoms with Crippen LogP contribution >= 0.6 is 0 Å². The molecule has 0 fully saturated rings. The molecule has 0 saturated heterocycles. The van der Waals surface area contributed by atoms with Gasteiger partial charge in [-0.3, -0.25) is 9.35 Å². The molecule has 0 heterocycles. The Hall–Kier alpha value is -0.760. The zero-order chi connectivity index (χ0) is 13.5. The van der Waals surface area contributed by atoms with Gasteiger partial charge in [0.1, 0.15) is 0 Å². The van der Waals surface area contributed by atoms with Gasteiger partial charge in [-0.25, -0.2) is 0 Å². The van der Waals surface area contributed by atoms with Gasteiger partial charge in [0.05, 0.1) is 0 Å². The summed E-state index contributed by atoms with van der Waals surface area (Å²) in [5, 5.41) is -4.45. The molecule has 17 heavy (non-hydrogen) atoms. The van der Waals surface area contributed by atoms with Crippen LogP contribution in [0, 0.1) is 0 Å². The molecule has 0 aliphatic carbocycles. The highest BCUT2D eigenvalue weighted by Gasteiger charge is 2.45. The minimum atomic E-state index is -5.54. The Bertz CT molecular complexity index is 339. The van der Waals surface area contributed by atoms with Gasteiger partial charge in [-0.05, 0) is 6.42 Å². The SMILES string of the molecule is CCCCCCC(=O)OCC(F)(F)S(=O)(=O)O. The zero-order valence-corrected chi connectivity index (χ0v) is 10.3. The number of halogens is 2. The van der Waals surface area contributed by atoms with Crippen LogP contribution < -0.4 is 0 Å². The molecule has 0 aromatic heterocycles. The van der Waals surface area contributed by atoms with E-state index in [4.69, 9.17) is 4.55 Å². The van der Waals surface area contributed by atoms with Crippen LogP contribution in [0.2, 0.25) is 0 Å². The summed E-state index contributed by atoms with van der Waals surface area (Å²) in [4.78, 5) is 10.9. The van der Waals surface area contributed by atoms with Gasteiger partial charge in [0.15, 0.2) is 6.61 Å². The average molecular weight is 274 g/mol. The normalized spacial score (nSPS) is 12.5. The molecule has 0 radical (unpaired) electrons. The maximum atomic E-state index is 12.6. The molecule has 0 spiro atoms. The minimum Gasteiger partial charge on any atom is -0.458 e. The predicted molar refractivity (Wildman–Crippen MR) is 56.2 cm³/mol. The molecular weight excluding hydrogens is 258 g/mol. The third-order valence-electron chi connectivity index (χ3n) is 2.01. The van der Waals surface area contributed by atoms with E-state index in [1.807, 2.05) is 6.92 Å². The first-order chi connectivity index (χ1) is 7.70. The van der Waals surface area contributed by atoms with Crippen LogP contribution in [-0.2, 0) is 19.6 Å². The Morgan fingerprint density at radius 1 is 1.29 bits per heavy atom. The summed E-state index contributed by atoms with van der Waals surface area (Å²) in [6, 6.07) is 0. The molecule has 0 amide bonds. The maximum Gasteiger partial charge on any atom is 0.402 e. The van der Waals surface area contributed by atoms with E-state index in [9.17, 15) is 22.0 Å². The second kappa shape index (κ2) is 6.85. The van der Waals surface area contributed by atoms with Gasteiger partial charge in [0, 0.05) is 6.42 Å². The summed E-state index contributed by atoms with van der Waals surface area (Å²) in [6.07, 6.45) is 3.14. The summed E-state index contributed by atoms with van der Waals surface area (Å²) >= 11 is 0. The Labute approximate surface area is 98.9 Å². The second-order valence-corrected chi connectivity index (χ2v) is 5.13. The Balaban J connectivity index is 3.92. The van der Waals surface area contributed by atoms with Crippen molar-refractivity contribution in [3.63, 3.8) is 0 Å². The van der Waals surface area contributed by atoms with E-state index in [1.165, 1.54) is 0 Å². The van der Waals surface area contributed by atoms with Gasteiger partial charge in [0.25, 0.3) is 0 Å². The first-order valence-electron chi connectivity index (χ1n) is 5.21. The lowest BCUT2D eigenvalue weighted by atomic mass is 10.2. The molecule has 102 valence electrons. The molecule has 1 N–H and O–H groups in total. The fraction of sp³-hybridized carbons (Fsp3) is 0.889. The van der Waals surface area contributed by atoms with Crippen molar-refractivity contribution in [1.82, 2.24) is 0 Å². The van der Waals surface area contributed by atoms with Crippen molar-refractivity contribution in [3.8, 4) is 0 Å². The summed E-state index contributed by atoms with van der Waals surface area (Å²) in [6.45, 7) is 0.323. The Kier molecular flexibility index (Phi) is 6.54. The van der Waals surface area contributed by atoms with Gasteiger partial charge in [-0.2, -0.15) is 17.2 Å². The average Bonchev–Trinajstić information content (AvgIpc) is 2.20. The van der Waals surface area contributed by atoms with Crippen molar-refractivity contribution < 1.29 is 31.3 Å². The zero-order valence-electron chi connectivity index (χ0n) is 9.49. The largest absolute Gasteiger partial charge is 0.458 e. The van der Waals surface area contributed by atoms with Crippen molar-refractivity contribution >= 4 is 16.1 Å². The van der Waals surface area contributed by atoms with E-state index in [2.05, 4.69) is 4.74 Å². The number of hydrogen-bond acceptors (Lipinski definition) is 4. The number of esters is 1. The molecule has 0 bridgehead atoms. The highest BCUT2D eigenvalue weighted by molar-refractivity contribution is 7.86. The van der Waals surface area contributed by atoms with Crippen LogP contribution in [0.5, 0.6) is 0 Å². The van der Waals surface area contributed by atoms with Crippen LogP contribution in [-0.4, -0.2) is 30.8 Å². The number of alkyl halides is 2. The van der Waals surface area contributed by atoms with Gasteiger partial charge < -0.3 is 4.74 Å². The van der Waals surface area contributed by atoms with Gasteiger partial charge in [0.2, 0.25) is 0 Å². The van der Waals surface area contributed by atoms with Crippen LogP contribution in [0.1, 0.15) is 39.0 Å². The number of ether oxygens (including phenoxy) is 1. The highest BCUT2D eigenvalue weighted by Crippen LogP contribution is 2.20. The van der Waals surface area contributed by atoms with Crippen LogP contribution in [0.4, 0.5) is 8.78 Å². The highest BCUT2D eigenvalue weighted by atomic mass is 32.2. The van der Waals surface area contributed by atoms with Gasteiger partial charge in [-0.15, -0.1) is 0 Å². The first kappa shape index (κ1) is 16.2. The molecule has 0 rings (SSSR count). The number of rotatable bonds is 8. The standard InChI is InChI=1S/C9H16F2O5S/c1-2-3-4-5-6-8(12)16-7-9(10,11)17(13,14)15/h2-7H2,1H3,(H,13,14,15). The van der Waals surface area contributed by atoms with Crippen molar-refractivity contribution in [1.29, 1.82) is 0 Å². The van der Waals surface area contributed by atoms with E-state index in [0.717, 1.165) is 19.3 Å². The second-order valence-electron chi connectivity index (χ2n) is 3.58. The summed E-state index contributed by atoms with van der Waals surface area (Å²) < 4.78 is 57.8. The first-order valence-corrected chi connectivity index (χ1v) is 6.65. The third-order valence-corrected chi connectivity index (χ3v) is 2.89. The lowest BCUT2D eigenvalue weighted by Crippen LogP contribution is -2.34. The molecule has 0 aliphatic heterocycles. The number of carbonyl (C=O) groups is 1. The molecule has 0 unspecified atom stereocenters. The molecule has 0 atom stereocenters. The van der Waals surface area contributed by atoms with Crippen molar-refractivity contribution in [2.24, 2.45) is 0 Å². The summed E-state index contributed by atoms with van der Waals surface area (Å²) in [5.41, 5.74) is 0. The van der Waals surface area contributed by atoms with Crippen molar-refractivity contribution in [2.45, 2.75) is 44.3 Å². The van der Waals surface area contributed by atoms with Crippen LogP contribution in [0.15, 0.2) is 0 Å². The van der Waals surface area contributed by atoms with E-state index in [1.54, 1.807) is 0 Å². The molecule has 0 aliphatic rings. The fourth-order valence-corrected chi connectivity index (χ4v) is 1.22. The fourth-order valence-electron chi connectivity index (χ4n) is 1.01. The lowest BCUT2D eigenvalue weighted by Gasteiger charge is -2.12. The summed E-state index contributed by atoms with van der Waals surface area (Å²) in [7, 11) is -5.54. The topological polar surface area (TPSA) is 80.7 Å². The minimum absolute atomic E-state index is 0.0401. The molecule has 0 aromatic carbocycles. The molecule has 0 saturated carbocycles. The molecular formula is C9H16F2O5S. The molecule has 5 nitrogen and oxygen atoms in total. The van der Waals surface area contributed by atoms with E-state index in [0.29, 0.717) is 6.42 Å². The van der Waals surface area contributed by atoms with Gasteiger partial charge in [-0.1, -0.05) is 26.2 Å². The Morgan fingerprint density at radius 2 is 1.88 bits per heavy atom. The quantitative estimate of drug-likeness (QED) is 0.416. The lowest BCUT2D eigenvalue weighted by molar-refractivity contribution is -0.149. The maximum absolute atomic E-state index is 12.6. The monoisotopic (exact) mass is 274 g/mol. The number of unbranched alkanes of at least 4 members (excludes halogenated alkanes) is 3. The van der Waals surface area contributed by atoms with Crippen molar-refractivity contribution in [3.05, 3.63) is 0 Å². The summed E-state index contributed by atoms with van der Waals surface area (Å²) in [5.74, 6) is -0.899. The predicted octanol–water partition coefficient (Wildman–Crippen LogP) is 1.98. The number of carbonyl (C=O) groups excluding carboxylic acids is 1. The molecule has 8 heteroatoms.